The van der Waals surface area contributed by atoms with Crippen LogP contribution in [0, 0.1) is 11.8 Å². The quantitative estimate of drug-likeness (QED) is 0.887. The van der Waals surface area contributed by atoms with Crippen molar-refractivity contribution in [2.75, 3.05) is 0 Å². The van der Waals surface area contributed by atoms with E-state index in [0.29, 0.717) is 25.7 Å². The highest BCUT2D eigenvalue weighted by atomic mass is 32.1. The number of aliphatic carboxylic acids is 1. The van der Waals surface area contributed by atoms with Crippen LogP contribution in [0.5, 0.6) is 0 Å². The molecule has 1 amide bonds. The number of carbonyl (C=O) groups is 2. The molecule has 1 saturated carbocycles. The molecule has 1 atom stereocenters. The SMILES string of the molecule is CC(NC(=O)C1CCC(C(=O)O)CC1)c1nccs1. The summed E-state index contributed by atoms with van der Waals surface area (Å²) in [6, 6.07) is -0.0790. The number of hydrogen-bond acceptors (Lipinski definition) is 4. The fourth-order valence-corrected chi connectivity index (χ4v) is 3.09. The van der Waals surface area contributed by atoms with Gasteiger partial charge in [0.25, 0.3) is 0 Å². The van der Waals surface area contributed by atoms with Gasteiger partial charge in [0.15, 0.2) is 0 Å². The molecular formula is C13H18N2O3S. The Kier molecular flexibility index (Phi) is 4.52. The third-order valence-corrected chi connectivity index (χ3v) is 4.59. The zero-order chi connectivity index (χ0) is 13.8. The van der Waals surface area contributed by atoms with Crippen LogP contribution in [0.15, 0.2) is 11.6 Å². The van der Waals surface area contributed by atoms with E-state index in [4.69, 9.17) is 5.11 Å². The van der Waals surface area contributed by atoms with E-state index in [1.54, 1.807) is 6.20 Å². The monoisotopic (exact) mass is 282 g/mol. The number of hydrogen-bond donors (Lipinski definition) is 2. The summed E-state index contributed by atoms with van der Waals surface area (Å²) < 4.78 is 0. The molecular weight excluding hydrogens is 264 g/mol. The minimum absolute atomic E-state index is 0.0199. The molecule has 1 aliphatic carbocycles. The molecule has 0 saturated heterocycles. The lowest BCUT2D eigenvalue weighted by atomic mass is 9.81. The van der Waals surface area contributed by atoms with Gasteiger partial charge in [0.2, 0.25) is 5.91 Å². The van der Waals surface area contributed by atoms with Crippen molar-refractivity contribution >= 4 is 23.2 Å². The van der Waals surface area contributed by atoms with Crippen LogP contribution in [0.25, 0.3) is 0 Å². The van der Waals surface area contributed by atoms with E-state index in [1.165, 1.54) is 11.3 Å². The summed E-state index contributed by atoms with van der Waals surface area (Å²) in [5.74, 6) is -1.06. The smallest absolute Gasteiger partial charge is 0.306 e. The van der Waals surface area contributed by atoms with Crippen LogP contribution >= 0.6 is 11.3 Å². The topological polar surface area (TPSA) is 79.3 Å². The Balaban J connectivity index is 1.83. The average Bonchev–Trinajstić information content (AvgIpc) is 2.92. The second-order valence-electron chi connectivity index (χ2n) is 4.99. The maximum Gasteiger partial charge on any atom is 0.306 e. The van der Waals surface area contributed by atoms with Gasteiger partial charge in [0.1, 0.15) is 5.01 Å². The molecule has 1 heterocycles. The third kappa shape index (κ3) is 3.53. The first-order chi connectivity index (χ1) is 9.08. The maximum absolute atomic E-state index is 12.1. The fourth-order valence-electron chi connectivity index (χ4n) is 2.44. The summed E-state index contributed by atoms with van der Waals surface area (Å²) in [7, 11) is 0. The van der Waals surface area contributed by atoms with Gasteiger partial charge in [-0.1, -0.05) is 0 Å². The summed E-state index contributed by atoms with van der Waals surface area (Å²) >= 11 is 1.52. The first-order valence-corrected chi connectivity index (χ1v) is 7.38. The van der Waals surface area contributed by atoms with Crippen molar-refractivity contribution < 1.29 is 14.7 Å². The van der Waals surface area contributed by atoms with Crippen LogP contribution in [-0.4, -0.2) is 22.0 Å². The van der Waals surface area contributed by atoms with Crippen LogP contribution < -0.4 is 5.32 Å². The number of nitrogens with zero attached hydrogens (tertiary/aromatic N) is 1. The van der Waals surface area contributed by atoms with Gasteiger partial charge >= 0.3 is 5.97 Å². The third-order valence-electron chi connectivity index (χ3n) is 3.63. The van der Waals surface area contributed by atoms with Crippen molar-refractivity contribution in [2.24, 2.45) is 11.8 Å². The molecule has 19 heavy (non-hydrogen) atoms. The van der Waals surface area contributed by atoms with Gasteiger partial charge in [0, 0.05) is 17.5 Å². The maximum atomic E-state index is 12.1. The summed E-state index contributed by atoms with van der Waals surface area (Å²) in [6.45, 7) is 1.92. The van der Waals surface area contributed by atoms with Crippen molar-refractivity contribution in [2.45, 2.75) is 38.6 Å². The molecule has 0 aromatic carbocycles. The standard InChI is InChI=1S/C13H18N2O3S/c1-8(12-14-6-7-19-12)15-11(16)9-2-4-10(5-3-9)13(17)18/h6-10H,2-5H2,1H3,(H,15,16)(H,17,18). The fraction of sp³-hybridized carbons (Fsp3) is 0.615. The molecule has 0 spiro atoms. The Morgan fingerprint density at radius 1 is 1.37 bits per heavy atom. The van der Waals surface area contributed by atoms with Crippen molar-refractivity contribution in [1.29, 1.82) is 0 Å². The second-order valence-corrected chi connectivity index (χ2v) is 5.91. The second kappa shape index (κ2) is 6.14. The predicted octanol–water partition coefficient (Wildman–Crippen LogP) is 2.21. The highest BCUT2D eigenvalue weighted by Crippen LogP contribution is 2.29. The van der Waals surface area contributed by atoms with Gasteiger partial charge in [-0.25, -0.2) is 4.98 Å². The first kappa shape index (κ1) is 14.0. The lowest BCUT2D eigenvalue weighted by Gasteiger charge is -2.26. The molecule has 2 rings (SSSR count). The van der Waals surface area contributed by atoms with Crippen LogP contribution in [0.3, 0.4) is 0 Å². The minimum atomic E-state index is -0.741. The number of thiazole rings is 1. The first-order valence-electron chi connectivity index (χ1n) is 6.50. The Morgan fingerprint density at radius 2 is 2.00 bits per heavy atom. The van der Waals surface area contributed by atoms with Gasteiger partial charge in [-0.2, -0.15) is 0 Å². The highest BCUT2D eigenvalue weighted by molar-refractivity contribution is 7.09. The summed E-state index contributed by atoms with van der Waals surface area (Å²) in [5, 5.41) is 14.7. The Bertz CT molecular complexity index is 439. The summed E-state index contributed by atoms with van der Waals surface area (Å²) in [4.78, 5) is 27.1. The lowest BCUT2D eigenvalue weighted by Crippen LogP contribution is -2.35. The lowest BCUT2D eigenvalue weighted by molar-refractivity contribution is -0.144. The molecule has 1 aromatic rings. The van der Waals surface area contributed by atoms with Gasteiger partial charge in [-0.15, -0.1) is 11.3 Å². The van der Waals surface area contributed by atoms with E-state index in [2.05, 4.69) is 10.3 Å². The molecule has 1 unspecified atom stereocenters. The minimum Gasteiger partial charge on any atom is -0.481 e. The highest BCUT2D eigenvalue weighted by Gasteiger charge is 2.30. The van der Waals surface area contributed by atoms with Crippen molar-refractivity contribution in [3.05, 3.63) is 16.6 Å². The largest absolute Gasteiger partial charge is 0.481 e. The van der Waals surface area contributed by atoms with Crippen LogP contribution in [0.4, 0.5) is 0 Å². The molecule has 1 aromatic heterocycles. The molecule has 1 fully saturated rings. The van der Waals surface area contributed by atoms with E-state index in [-0.39, 0.29) is 23.8 Å². The van der Waals surface area contributed by atoms with Crippen LogP contribution in [0.2, 0.25) is 0 Å². The van der Waals surface area contributed by atoms with Gasteiger partial charge in [0.05, 0.1) is 12.0 Å². The van der Waals surface area contributed by atoms with Gasteiger partial charge < -0.3 is 10.4 Å². The molecule has 2 N–H and O–H groups in total. The van der Waals surface area contributed by atoms with E-state index < -0.39 is 5.97 Å². The Labute approximate surface area is 116 Å². The zero-order valence-electron chi connectivity index (χ0n) is 10.8. The molecule has 0 radical (unpaired) electrons. The summed E-state index contributed by atoms with van der Waals surface area (Å²) in [6.07, 6.45) is 4.24. The molecule has 0 bridgehead atoms. The Hall–Kier alpha value is -1.43. The van der Waals surface area contributed by atoms with Crippen molar-refractivity contribution in [1.82, 2.24) is 10.3 Å². The molecule has 104 valence electrons. The number of nitrogens with one attached hydrogen (secondary N) is 1. The van der Waals surface area contributed by atoms with Gasteiger partial charge in [-0.05, 0) is 32.6 Å². The van der Waals surface area contributed by atoms with Gasteiger partial charge in [-0.3, -0.25) is 9.59 Å². The zero-order valence-corrected chi connectivity index (χ0v) is 11.7. The number of amides is 1. The van der Waals surface area contributed by atoms with E-state index in [9.17, 15) is 9.59 Å². The van der Waals surface area contributed by atoms with Crippen LogP contribution in [0.1, 0.15) is 43.7 Å². The number of carboxylic acids is 1. The van der Waals surface area contributed by atoms with Crippen LogP contribution in [-0.2, 0) is 9.59 Å². The van der Waals surface area contributed by atoms with E-state index in [0.717, 1.165) is 5.01 Å². The number of carbonyl (C=O) groups excluding carboxylic acids is 1. The molecule has 1 aliphatic rings. The van der Waals surface area contributed by atoms with E-state index >= 15 is 0 Å². The molecule has 5 nitrogen and oxygen atoms in total. The van der Waals surface area contributed by atoms with Crippen molar-refractivity contribution in [3.63, 3.8) is 0 Å². The number of carboxylic acid groups (broad SMARTS) is 1. The normalized spacial score (nSPS) is 24.7. The predicted molar refractivity (Wildman–Crippen MR) is 71.8 cm³/mol. The Morgan fingerprint density at radius 3 is 2.53 bits per heavy atom. The number of aromatic nitrogens is 1. The molecule has 6 heteroatoms. The summed E-state index contributed by atoms with van der Waals surface area (Å²) in [5.41, 5.74) is 0. The molecule has 0 aliphatic heterocycles. The van der Waals surface area contributed by atoms with Crippen molar-refractivity contribution in [3.8, 4) is 0 Å². The average molecular weight is 282 g/mol. The number of rotatable bonds is 4. The van der Waals surface area contributed by atoms with E-state index in [1.807, 2.05) is 12.3 Å².